The van der Waals surface area contributed by atoms with Gasteiger partial charge in [-0.3, -0.25) is 14.9 Å². The van der Waals surface area contributed by atoms with Gasteiger partial charge < -0.3 is 4.90 Å². The van der Waals surface area contributed by atoms with Crippen LogP contribution >= 0.6 is 11.6 Å². The zero-order valence-electron chi connectivity index (χ0n) is 16.4. The summed E-state index contributed by atoms with van der Waals surface area (Å²) in [4.78, 5) is 24.9. The number of benzene rings is 2. The van der Waals surface area contributed by atoms with Gasteiger partial charge in [0.05, 0.1) is 20.4 Å². The van der Waals surface area contributed by atoms with Gasteiger partial charge in [0.25, 0.3) is 11.6 Å². The number of non-ortho nitro benzene ring substituents is 1. The van der Waals surface area contributed by atoms with Crippen LogP contribution in [0.15, 0.2) is 47.4 Å². The molecular formula is C20H22ClN3O5S. The van der Waals surface area contributed by atoms with Gasteiger partial charge in [-0.1, -0.05) is 29.3 Å². The Hall–Kier alpha value is -2.49. The molecule has 0 aromatic heterocycles. The molecule has 2 aromatic carbocycles. The largest absolute Gasteiger partial charge is 0.338 e. The van der Waals surface area contributed by atoms with Crippen LogP contribution in [0.5, 0.6) is 0 Å². The molecule has 2 aromatic rings. The molecular weight excluding hydrogens is 430 g/mol. The summed E-state index contributed by atoms with van der Waals surface area (Å²) >= 11 is 6.08. The molecule has 3 rings (SSSR count). The number of aryl methyl sites for hydroxylation is 1. The lowest BCUT2D eigenvalue weighted by molar-refractivity contribution is -0.384. The van der Waals surface area contributed by atoms with Crippen LogP contribution < -0.4 is 4.72 Å². The van der Waals surface area contributed by atoms with E-state index in [0.717, 1.165) is 24.5 Å². The van der Waals surface area contributed by atoms with E-state index in [2.05, 4.69) is 4.72 Å². The molecule has 1 N–H and O–H groups in total. The van der Waals surface area contributed by atoms with Gasteiger partial charge in [0.2, 0.25) is 10.0 Å². The zero-order valence-corrected chi connectivity index (χ0v) is 17.9. The van der Waals surface area contributed by atoms with E-state index < -0.39 is 14.9 Å². The Morgan fingerprint density at radius 3 is 2.60 bits per heavy atom. The Labute approximate surface area is 180 Å². The number of piperidine rings is 1. The van der Waals surface area contributed by atoms with Crippen LogP contribution in [0.1, 0.15) is 28.8 Å². The summed E-state index contributed by atoms with van der Waals surface area (Å²) in [6.07, 6.45) is 1.52. The van der Waals surface area contributed by atoms with E-state index in [0.29, 0.717) is 13.1 Å². The SMILES string of the molecule is Cc1ccc(S(=O)(=O)NCC2CCCN(C(=O)c3ccc([N+](=O)[O-])cc3Cl)C2)cc1. The van der Waals surface area contributed by atoms with Crippen molar-refractivity contribution in [2.75, 3.05) is 19.6 Å². The van der Waals surface area contributed by atoms with Gasteiger partial charge in [-0.25, -0.2) is 13.1 Å². The third kappa shape index (κ3) is 5.16. The van der Waals surface area contributed by atoms with E-state index in [9.17, 15) is 23.3 Å². The average Bonchev–Trinajstić information content (AvgIpc) is 2.72. The second-order valence-corrected chi connectivity index (χ2v) is 9.52. The molecule has 30 heavy (non-hydrogen) atoms. The van der Waals surface area contributed by atoms with Crippen LogP contribution in [0.25, 0.3) is 0 Å². The van der Waals surface area contributed by atoms with Gasteiger partial charge in [-0.2, -0.15) is 0 Å². The third-order valence-corrected chi connectivity index (χ3v) is 6.85. The summed E-state index contributed by atoms with van der Waals surface area (Å²) in [6, 6.07) is 10.4. The van der Waals surface area contributed by atoms with E-state index in [-0.39, 0.29) is 39.5 Å². The number of sulfonamides is 1. The molecule has 0 saturated carbocycles. The number of hydrogen-bond donors (Lipinski definition) is 1. The molecule has 1 amide bonds. The van der Waals surface area contributed by atoms with Crippen LogP contribution in [-0.2, 0) is 10.0 Å². The second-order valence-electron chi connectivity index (χ2n) is 7.35. The summed E-state index contributed by atoms with van der Waals surface area (Å²) in [5.41, 5.74) is 0.988. The fraction of sp³-hybridized carbons (Fsp3) is 0.350. The maximum absolute atomic E-state index is 12.8. The molecule has 10 heteroatoms. The number of amides is 1. The first kappa shape index (κ1) is 22.2. The van der Waals surface area contributed by atoms with Crippen LogP contribution in [0.4, 0.5) is 5.69 Å². The number of carbonyl (C=O) groups excluding carboxylic acids is 1. The van der Waals surface area contributed by atoms with E-state index in [4.69, 9.17) is 11.6 Å². The van der Waals surface area contributed by atoms with Crippen molar-refractivity contribution in [1.82, 2.24) is 9.62 Å². The van der Waals surface area contributed by atoms with Crippen molar-refractivity contribution in [1.29, 1.82) is 0 Å². The Morgan fingerprint density at radius 2 is 1.97 bits per heavy atom. The summed E-state index contributed by atoms with van der Waals surface area (Å²) < 4.78 is 27.6. The number of nitro benzene ring substituents is 1. The van der Waals surface area contributed by atoms with E-state index in [1.807, 2.05) is 6.92 Å². The molecule has 1 aliphatic rings. The van der Waals surface area contributed by atoms with E-state index >= 15 is 0 Å². The number of nitrogens with zero attached hydrogens (tertiary/aromatic N) is 2. The molecule has 1 saturated heterocycles. The Morgan fingerprint density at radius 1 is 1.27 bits per heavy atom. The topological polar surface area (TPSA) is 110 Å². The van der Waals surface area contributed by atoms with Gasteiger partial charge in [-0.15, -0.1) is 0 Å². The van der Waals surface area contributed by atoms with Gasteiger partial charge in [0.1, 0.15) is 0 Å². The van der Waals surface area contributed by atoms with Crippen molar-refractivity contribution in [3.05, 3.63) is 68.7 Å². The highest BCUT2D eigenvalue weighted by Gasteiger charge is 2.27. The minimum Gasteiger partial charge on any atom is -0.338 e. The molecule has 1 heterocycles. The second kappa shape index (κ2) is 9.11. The molecule has 0 radical (unpaired) electrons. The third-order valence-electron chi connectivity index (χ3n) is 5.09. The Balaban J connectivity index is 1.64. The quantitative estimate of drug-likeness (QED) is 0.534. The van der Waals surface area contributed by atoms with Crippen molar-refractivity contribution >= 4 is 33.2 Å². The van der Waals surface area contributed by atoms with Gasteiger partial charge >= 0.3 is 0 Å². The predicted octanol–water partition coefficient (Wildman–Crippen LogP) is 3.39. The lowest BCUT2D eigenvalue weighted by Gasteiger charge is -2.33. The monoisotopic (exact) mass is 451 g/mol. The standard InChI is InChI=1S/C20H22ClN3O5S/c1-14-4-7-17(8-5-14)30(28,29)22-12-15-3-2-10-23(13-15)20(25)18-9-6-16(24(26)27)11-19(18)21/h4-9,11,15,22H,2-3,10,12-13H2,1H3. The van der Waals surface area contributed by atoms with Crippen molar-refractivity contribution in [2.45, 2.75) is 24.7 Å². The maximum Gasteiger partial charge on any atom is 0.270 e. The molecule has 160 valence electrons. The van der Waals surface area contributed by atoms with Crippen molar-refractivity contribution < 1.29 is 18.1 Å². The van der Waals surface area contributed by atoms with Crippen molar-refractivity contribution in [3.8, 4) is 0 Å². The number of hydrogen-bond acceptors (Lipinski definition) is 5. The van der Waals surface area contributed by atoms with Crippen LogP contribution in [0.3, 0.4) is 0 Å². The maximum atomic E-state index is 12.8. The molecule has 1 unspecified atom stereocenters. The highest BCUT2D eigenvalue weighted by Crippen LogP contribution is 2.26. The van der Waals surface area contributed by atoms with Gasteiger partial charge in [-0.05, 0) is 43.9 Å². The minimum absolute atomic E-state index is 0.0244. The molecule has 1 atom stereocenters. The Bertz CT molecular complexity index is 1060. The lowest BCUT2D eigenvalue weighted by atomic mass is 9.97. The predicted molar refractivity (Wildman–Crippen MR) is 113 cm³/mol. The van der Waals surface area contributed by atoms with Crippen molar-refractivity contribution in [2.24, 2.45) is 5.92 Å². The first-order valence-corrected chi connectivity index (χ1v) is 11.3. The normalized spacial score (nSPS) is 17.0. The number of likely N-dealkylation sites (tertiary alicyclic amines) is 1. The number of carbonyl (C=O) groups is 1. The number of nitro groups is 1. The number of nitrogens with one attached hydrogen (secondary N) is 1. The fourth-order valence-corrected chi connectivity index (χ4v) is 4.78. The summed E-state index contributed by atoms with van der Waals surface area (Å²) in [7, 11) is -3.62. The van der Waals surface area contributed by atoms with Gasteiger partial charge in [0.15, 0.2) is 0 Å². The molecule has 1 fully saturated rings. The van der Waals surface area contributed by atoms with E-state index in [1.54, 1.807) is 29.2 Å². The van der Waals surface area contributed by atoms with Gasteiger partial charge in [0, 0.05) is 31.8 Å². The molecule has 1 aliphatic heterocycles. The Kier molecular flexibility index (Phi) is 6.74. The minimum atomic E-state index is -3.62. The number of rotatable bonds is 6. The first-order valence-electron chi connectivity index (χ1n) is 9.47. The fourth-order valence-electron chi connectivity index (χ4n) is 3.41. The summed E-state index contributed by atoms with van der Waals surface area (Å²) in [5.74, 6) is -0.360. The number of halogens is 1. The highest BCUT2D eigenvalue weighted by molar-refractivity contribution is 7.89. The summed E-state index contributed by atoms with van der Waals surface area (Å²) in [5, 5.41) is 10.9. The van der Waals surface area contributed by atoms with Crippen molar-refractivity contribution in [3.63, 3.8) is 0 Å². The highest BCUT2D eigenvalue weighted by atomic mass is 35.5. The first-order chi connectivity index (χ1) is 14.2. The zero-order chi connectivity index (χ0) is 21.9. The average molecular weight is 452 g/mol. The van der Waals surface area contributed by atoms with Crippen LogP contribution in [-0.4, -0.2) is 43.8 Å². The summed E-state index contributed by atoms with van der Waals surface area (Å²) in [6.45, 7) is 3.00. The molecule has 8 nitrogen and oxygen atoms in total. The smallest absolute Gasteiger partial charge is 0.270 e. The van der Waals surface area contributed by atoms with Crippen LogP contribution in [0, 0.1) is 23.0 Å². The molecule has 0 spiro atoms. The lowest BCUT2D eigenvalue weighted by Crippen LogP contribution is -2.43. The molecule has 0 bridgehead atoms. The molecule has 0 aliphatic carbocycles. The van der Waals surface area contributed by atoms with E-state index in [1.165, 1.54) is 12.1 Å². The van der Waals surface area contributed by atoms with Crippen LogP contribution in [0.2, 0.25) is 5.02 Å².